The van der Waals surface area contributed by atoms with E-state index < -0.39 is 11.4 Å². The van der Waals surface area contributed by atoms with Crippen molar-refractivity contribution in [2.75, 3.05) is 20.8 Å². The highest BCUT2D eigenvalue weighted by atomic mass is 19.1. The topological polar surface area (TPSA) is 96.7 Å². The average molecular weight is 401 g/mol. The summed E-state index contributed by atoms with van der Waals surface area (Å²) < 4.78 is 32.8. The molecular weight excluding hydrogens is 381 g/mol. The van der Waals surface area contributed by atoms with Crippen molar-refractivity contribution in [2.45, 2.75) is 26.0 Å². The summed E-state index contributed by atoms with van der Waals surface area (Å²) in [5, 5.41) is 3.96. The fourth-order valence-electron chi connectivity index (χ4n) is 3.11. The van der Waals surface area contributed by atoms with E-state index in [9.17, 15) is 9.18 Å². The van der Waals surface area contributed by atoms with E-state index in [1.54, 1.807) is 31.4 Å². The van der Waals surface area contributed by atoms with Crippen molar-refractivity contribution in [3.63, 3.8) is 0 Å². The zero-order valence-electron chi connectivity index (χ0n) is 16.5. The second-order valence-corrected chi connectivity index (χ2v) is 7.03. The van der Waals surface area contributed by atoms with Gasteiger partial charge in [-0.15, -0.1) is 0 Å². The molecule has 0 saturated carbocycles. The summed E-state index contributed by atoms with van der Waals surface area (Å²) in [5.41, 5.74) is 0.435. The lowest BCUT2D eigenvalue weighted by Crippen LogP contribution is -2.25. The molecule has 4 rings (SSSR count). The van der Waals surface area contributed by atoms with Crippen LogP contribution >= 0.6 is 0 Å². The molecule has 9 nitrogen and oxygen atoms in total. The Balaban J connectivity index is 1.99. The molecule has 0 amide bonds. The third-order valence-corrected chi connectivity index (χ3v) is 4.90. The highest BCUT2D eigenvalue weighted by molar-refractivity contribution is 5.83. The maximum absolute atomic E-state index is 13.9. The summed E-state index contributed by atoms with van der Waals surface area (Å²) in [7, 11) is 3.08. The molecule has 0 aliphatic heterocycles. The van der Waals surface area contributed by atoms with E-state index in [0.717, 1.165) is 0 Å². The van der Waals surface area contributed by atoms with Crippen LogP contribution in [0.2, 0.25) is 0 Å². The van der Waals surface area contributed by atoms with Crippen LogP contribution in [0.1, 0.15) is 19.7 Å². The zero-order chi connectivity index (χ0) is 20.8. The normalized spacial score (nSPS) is 12.3. The van der Waals surface area contributed by atoms with Gasteiger partial charge in [0.15, 0.2) is 5.69 Å². The van der Waals surface area contributed by atoms with Crippen LogP contribution in [0.5, 0.6) is 0 Å². The van der Waals surface area contributed by atoms with Crippen molar-refractivity contribution in [3.8, 4) is 11.6 Å². The first-order chi connectivity index (χ1) is 13.9. The van der Waals surface area contributed by atoms with Crippen molar-refractivity contribution in [2.24, 2.45) is 0 Å². The monoisotopic (exact) mass is 401 g/mol. The Morgan fingerprint density at radius 2 is 2.03 bits per heavy atom. The van der Waals surface area contributed by atoms with Crippen molar-refractivity contribution in [1.29, 1.82) is 0 Å². The van der Waals surface area contributed by atoms with Gasteiger partial charge in [0.25, 0.3) is 11.4 Å². The van der Waals surface area contributed by atoms with Gasteiger partial charge in [0.1, 0.15) is 23.3 Å². The smallest absolute Gasteiger partial charge is 0.279 e. The number of aromatic nitrogens is 5. The van der Waals surface area contributed by atoms with Crippen LogP contribution in [0, 0.1) is 5.82 Å². The number of fused-ring (bicyclic) bond motifs is 3. The van der Waals surface area contributed by atoms with Gasteiger partial charge in [-0.05, 0) is 32.0 Å². The molecule has 0 saturated heterocycles. The van der Waals surface area contributed by atoms with Crippen LogP contribution in [0.3, 0.4) is 0 Å². The first-order valence-corrected chi connectivity index (χ1v) is 8.95. The molecule has 0 radical (unpaired) electrons. The quantitative estimate of drug-likeness (QED) is 0.489. The first kappa shape index (κ1) is 19.2. The first-order valence-electron chi connectivity index (χ1n) is 8.95. The van der Waals surface area contributed by atoms with Crippen LogP contribution in [0.4, 0.5) is 4.39 Å². The highest BCUT2D eigenvalue weighted by Gasteiger charge is 2.28. The van der Waals surface area contributed by atoms with Crippen molar-refractivity contribution in [3.05, 3.63) is 46.5 Å². The molecule has 4 aromatic rings. The molecule has 152 valence electrons. The summed E-state index contributed by atoms with van der Waals surface area (Å²) in [6.45, 7) is 4.14. The number of ether oxygens (including phenoxy) is 2. The van der Waals surface area contributed by atoms with Gasteiger partial charge in [-0.2, -0.15) is 4.98 Å². The second-order valence-electron chi connectivity index (χ2n) is 7.03. The maximum atomic E-state index is 13.9. The molecule has 10 heteroatoms. The van der Waals surface area contributed by atoms with E-state index in [1.807, 2.05) is 0 Å². The van der Waals surface area contributed by atoms with E-state index in [1.165, 1.54) is 30.1 Å². The lowest BCUT2D eigenvalue weighted by atomic mass is 10.1. The molecule has 0 atom stereocenters. The third kappa shape index (κ3) is 3.10. The Bertz CT molecular complexity index is 1260. The molecule has 0 bridgehead atoms. The van der Waals surface area contributed by atoms with Gasteiger partial charge in [0, 0.05) is 20.8 Å². The maximum Gasteiger partial charge on any atom is 0.279 e. The molecule has 29 heavy (non-hydrogen) atoms. The van der Waals surface area contributed by atoms with Gasteiger partial charge in [-0.3, -0.25) is 9.20 Å². The number of imidazole rings is 1. The van der Waals surface area contributed by atoms with Crippen molar-refractivity contribution < 1.29 is 18.4 Å². The van der Waals surface area contributed by atoms with Gasteiger partial charge in [0.2, 0.25) is 5.82 Å². The standard InChI is InChI=1S/C19H20FN5O4/c1-19(2,28-4)18-22-16(29-23-18)14-15-17(26)24(7-8-27-3)13-9-11(20)5-6-12(13)25(15)10-21-14/h5-6,9-10H,7-8H2,1-4H3. The van der Waals surface area contributed by atoms with Crippen LogP contribution < -0.4 is 5.56 Å². The molecule has 3 aromatic heterocycles. The number of halogens is 1. The molecule has 0 aliphatic carbocycles. The molecule has 0 aliphatic rings. The summed E-state index contributed by atoms with van der Waals surface area (Å²) >= 11 is 0. The minimum absolute atomic E-state index is 0.101. The Hall–Kier alpha value is -3.11. The Kier molecular flexibility index (Phi) is 4.67. The molecule has 0 fully saturated rings. The molecule has 0 unspecified atom stereocenters. The number of rotatable bonds is 6. The van der Waals surface area contributed by atoms with Gasteiger partial charge >= 0.3 is 0 Å². The van der Waals surface area contributed by atoms with Gasteiger partial charge in [-0.1, -0.05) is 5.16 Å². The van der Waals surface area contributed by atoms with Crippen LogP contribution in [-0.4, -0.2) is 44.9 Å². The lowest BCUT2D eigenvalue weighted by Gasteiger charge is -2.17. The van der Waals surface area contributed by atoms with E-state index in [-0.39, 0.29) is 35.8 Å². The number of benzene rings is 1. The van der Waals surface area contributed by atoms with Gasteiger partial charge < -0.3 is 18.6 Å². The van der Waals surface area contributed by atoms with E-state index >= 15 is 0 Å². The van der Waals surface area contributed by atoms with Crippen LogP contribution in [0.15, 0.2) is 33.8 Å². The summed E-state index contributed by atoms with van der Waals surface area (Å²) in [4.78, 5) is 22.0. The summed E-state index contributed by atoms with van der Waals surface area (Å²) in [6, 6.07) is 4.25. The predicted octanol–water partition coefficient (Wildman–Crippen LogP) is 2.37. The van der Waals surface area contributed by atoms with E-state index in [4.69, 9.17) is 14.0 Å². The Labute approximate surface area is 164 Å². The van der Waals surface area contributed by atoms with Crippen LogP contribution in [0.25, 0.3) is 28.1 Å². The molecule has 0 spiro atoms. The Morgan fingerprint density at radius 1 is 1.24 bits per heavy atom. The Morgan fingerprint density at radius 3 is 2.76 bits per heavy atom. The molecule has 0 N–H and O–H groups in total. The van der Waals surface area contributed by atoms with Crippen molar-refractivity contribution in [1.82, 2.24) is 24.1 Å². The van der Waals surface area contributed by atoms with E-state index in [2.05, 4.69) is 15.1 Å². The fraction of sp³-hybridized carbons (Fsp3) is 0.368. The second kappa shape index (κ2) is 7.05. The minimum Gasteiger partial charge on any atom is -0.383 e. The van der Waals surface area contributed by atoms with Gasteiger partial charge in [0.05, 0.1) is 17.6 Å². The molecule has 3 heterocycles. The minimum atomic E-state index is -0.764. The fourth-order valence-corrected chi connectivity index (χ4v) is 3.11. The largest absolute Gasteiger partial charge is 0.383 e. The molecule has 1 aromatic carbocycles. The van der Waals surface area contributed by atoms with Crippen molar-refractivity contribution >= 4 is 16.6 Å². The number of nitrogens with zero attached hydrogens (tertiary/aromatic N) is 5. The highest BCUT2D eigenvalue weighted by Crippen LogP contribution is 2.27. The molecular formula is C19H20FN5O4. The van der Waals surface area contributed by atoms with Crippen LogP contribution in [-0.2, 0) is 21.6 Å². The van der Waals surface area contributed by atoms with Gasteiger partial charge in [-0.25, -0.2) is 9.37 Å². The van der Waals surface area contributed by atoms with E-state index in [0.29, 0.717) is 16.9 Å². The number of hydrogen-bond donors (Lipinski definition) is 0. The number of methoxy groups -OCH3 is 2. The summed E-state index contributed by atoms with van der Waals surface area (Å²) in [5.74, 6) is -0.00528. The summed E-state index contributed by atoms with van der Waals surface area (Å²) in [6.07, 6.45) is 1.48. The third-order valence-electron chi connectivity index (χ3n) is 4.90. The predicted molar refractivity (Wildman–Crippen MR) is 102 cm³/mol. The zero-order valence-corrected chi connectivity index (χ0v) is 16.5. The number of hydrogen-bond acceptors (Lipinski definition) is 7. The lowest BCUT2D eigenvalue weighted by molar-refractivity contribution is 0.00973. The average Bonchev–Trinajstić information content (AvgIpc) is 3.35. The SMILES string of the molecule is COCCn1c(=O)c2c(-c3nc(C(C)(C)OC)no3)ncn2c2ccc(F)cc21.